The minimum absolute atomic E-state index is 0.181. The Bertz CT molecular complexity index is 1430. The number of aromatic amines is 2. The van der Waals surface area contributed by atoms with E-state index in [0.717, 1.165) is 5.56 Å². The van der Waals surface area contributed by atoms with Crippen molar-refractivity contribution in [3.63, 3.8) is 0 Å². The van der Waals surface area contributed by atoms with Gasteiger partial charge in [0, 0.05) is 24.2 Å². The van der Waals surface area contributed by atoms with Gasteiger partial charge in [0.15, 0.2) is 6.23 Å². The fourth-order valence-corrected chi connectivity index (χ4v) is 3.65. The van der Waals surface area contributed by atoms with Crippen molar-refractivity contribution in [1.29, 1.82) is 0 Å². The molecule has 2 atom stereocenters. The van der Waals surface area contributed by atoms with Gasteiger partial charge >= 0.3 is 0 Å². The Labute approximate surface area is 200 Å². The van der Waals surface area contributed by atoms with Crippen LogP contribution in [0.4, 0.5) is 11.9 Å². The Morgan fingerprint density at radius 2 is 1.91 bits per heavy atom. The highest BCUT2D eigenvalue weighted by Gasteiger charge is 2.17. The van der Waals surface area contributed by atoms with Gasteiger partial charge in [-0.25, -0.2) is 9.97 Å². The lowest BCUT2D eigenvalue weighted by molar-refractivity contribution is 0.102. The second kappa shape index (κ2) is 9.65. The molecular formula is C25H23N7O3. The van der Waals surface area contributed by atoms with Crippen molar-refractivity contribution in [1.82, 2.24) is 24.9 Å². The van der Waals surface area contributed by atoms with Crippen LogP contribution >= 0.6 is 0 Å². The molecule has 10 heteroatoms. The predicted molar refractivity (Wildman–Crippen MR) is 131 cm³/mol. The zero-order chi connectivity index (χ0) is 24.2. The van der Waals surface area contributed by atoms with E-state index >= 15 is 0 Å². The van der Waals surface area contributed by atoms with Gasteiger partial charge in [-0.2, -0.15) is 0 Å². The first-order chi connectivity index (χ1) is 17.1. The van der Waals surface area contributed by atoms with Gasteiger partial charge in [0.05, 0.1) is 17.3 Å². The number of aliphatic hydroxyl groups is 1. The molecule has 0 aliphatic rings. The summed E-state index contributed by atoms with van der Waals surface area (Å²) in [6, 6.07) is 16.8. The number of nitrogens with one attached hydrogen (secondary N) is 4. The zero-order valence-corrected chi connectivity index (χ0v) is 18.8. The van der Waals surface area contributed by atoms with E-state index in [1.54, 1.807) is 49.1 Å². The smallest absolute Gasteiger partial charge is 0.260 e. The molecular weight excluding hydrogens is 446 g/mol. The van der Waals surface area contributed by atoms with Crippen molar-refractivity contribution in [2.45, 2.75) is 19.3 Å². The van der Waals surface area contributed by atoms with E-state index in [1.165, 1.54) is 0 Å². The fourth-order valence-electron chi connectivity index (χ4n) is 3.65. The topological polar surface area (TPSA) is 141 Å². The summed E-state index contributed by atoms with van der Waals surface area (Å²) in [6.45, 7) is 1.95. The van der Waals surface area contributed by atoms with E-state index in [9.17, 15) is 9.90 Å². The lowest BCUT2D eigenvalue weighted by Gasteiger charge is -2.17. The van der Waals surface area contributed by atoms with Crippen molar-refractivity contribution in [3.05, 3.63) is 96.1 Å². The zero-order valence-electron chi connectivity index (χ0n) is 18.8. The Kier molecular flexibility index (Phi) is 6.10. The fraction of sp³-hybridized carbons (Fsp3) is 0.120. The number of benzene rings is 2. The molecule has 0 radical (unpaired) electrons. The number of aliphatic hydroxyl groups excluding tert-OH is 1. The van der Waals surface area contributed by atoms with E-state index in [1.807, 2.05) is 37.3 Å². The SMILES string of the molecule is C[C@H](Oc1cncc(C(O)Nc2nc3c(C(=O)Nc4ncc[nH]4)cccc3[nH]2)c1)c1ccccc1. The molecule has 0 aliphatic heterocycles. The maximum absolute atomic E-state index is 12.7. The van der Waals surface area contributed by atoms with Crippen LogP contribution in [0.2, 0.25) is 0 Å². The Balaban J connectivity index is 1.31. The lowest BCUT2D eigenvalue weighted by atomic mass is 10.1. The van der Waals surface area contributed by atoms with E-state index in [4.69, 9.17) is 4.74 Å². The molecule has 0 saturated heterocycles. The summed E-state index contributed by atoms with van der Waals surface area (Å²) in [4.78, 5) is 31.3. The molecule has 35 heavy (non-hydrogen) atoms. The summed E-state index contributed by atoms with van der Waals surface area (Å²) in [5.74, 6) is 0.814. The average molecular weight is 470 g/mol. The van der Waals surface area contributed by atoms with Gasteiger partial charge < -0.3 is 25.1 Å². The number of amides is 1. The van der Waals surface area contributed by atoms with Crippen LogP contribution in [-0.4, -0.2) is 35.9 Å². The van der Waals surface area contributed by atoms with Crippen molar-refractivity contribution in [2.24, 2.45) is 0 Å². The predicted octanol–water partition coefficient (Wildman–Crippen LogP) is 4.18. The molecule has 10 nitrogen and oxygen atoms in total. The quantitative estimate of drug-likeness (QED) is 0.215. The number of aromatic nitrogens is 5. The van der Waals surface area contributed by atoms with E-state index < -0.39 is 6.23 Å². The molecule has 0 spiro atoms. The third-order valence-corrected chi connectivity index (χ3v) is 5.39. The number of hydrogen-bond donors (Lipinski definition) is 5. The number of pyridine rings is 1. The third kappa shape index (κ3) is 4.97. The Morgan fingerprint density at radius 1 is 1.06 bits per heavy atom. The van der Waals surface area contributed by atoms with E-state index in [2.05, 4.69) is 35.6 Å². The number of imidazole rings is 2. The molecule has 0 aliphatic carbocycles. The van der Waals surface area contributed by atoms with Gasteiger partial charge in [0.25, 0.3) is 5.91 Å². The maximum atomic E-state index is 12.7. The number of carbonyl (C=O) groups is 1. The van der Waals surface area contributed by atoms with Crippen LogP contribution in [0.3, 0.4) is 0 Å². The summed E-state index contributed by atoms with van der Waals surface area (Å²) >= 11 is 0. The minimum Gasteiger partial charge on any atom is -0.484 e. The number of carbonyl (C=O) groups excluding carboxylic acids is 1. The van der Waals surface area contributed by atoms with E-state index in [-0.39, 0.29) is 12.0 Å². The highest BCUT2D eigenvalue weighted by Crippen LogP contribution is 2.25. The normalized spacial score (nSPS) is 12.7. The van der Waals surface area contributed by atoms with Crippen molar-refractivity contribution in [2.75, 3.05) is 10.6 Å². The minimum atomic E-state index is -1.11. The highest BCUT2D eigenvalue weighted by molar-refractivity contribution is 6.11. The number of ether oxygens (including phenoxy) is 1. The summed E-state index contributed by atoms with van der Waals surface area (Å²) in [5, 5.41) is 16.4. The number of nitrogens with zero attached hydrogens (tertiary/aromatic N) is 3. The van der Waals surface area contributed by atoms with Gasteiger partial charge in [-0.15, -0.1) is 0 Å². The van der Waals surface area contributed by atoms with Crippen LogP contribution in [0.5, 0.6) is 5.75 Å². The molecule has 3 aromatic heterocycles. The molecule has 1 amide bonds. The van der Waals surface area contributed by atoms with Gasteiger partial charge in [-0.05, 0) is 30.7 Å². The molecule has 176 valence electrons. The third-order valence-electron chi connectivity index (χ3n) is 5.39. The highest BCUT2D eigenvalue weighted by atomic mass is 16.5. The molecule has 3 heterocycles. The summed E-state index contributed by atoms with van der Waals surface area (Å²) in [6.07, 6.45) is 5.01. The van der Waals surface area contributed by atoms with Crippen LogP contribution in [-0.2, 0) is 0 Å². The number of H-pyrrole nitrogens is 2. The first-order valence-corrected chi connectivity index (χ1v) is 11.0. The average Bonchev–Trinajstić information content (AvgIpc) is 3.54. The molecule has 5 N–H and O–H groups in total. The summed E-state index contributed by atoms with van der Waals surface area (Å²) < 4.78 is 6.00. The number of para-hydroxylation sites is 1. The maximum Gasteiger partial charge on any atom is 0.260 e. The standard InChI is InChI=1S/C25H23N7O3/c1-15(16-6-3-2-4-7-16)35-18-12-17(13-26-14-18)22(33)31-25-29-20-9-5-8-19(21(20)30-25)23(34)32-24-27-10-11-28-24/h2-15,22,33H,1H3,(H2,29,30,31)(H2,27,28,32,34)/t15-,22?/m0/s1. The van der Waals surface area contributed by atoms with Gasteiger partial charge in [-0.3, -0.25) is 15.1 Å². The molecule has 0 saturated carbocycles. The van der Waals surface area contributed by atoms with E-state index in [0.29, 0.717) is 39.8 Å². The van der Waals surface area contributed by atoms with Crippen LogP contribution in [0.25, 0.3) is 11.0 Å². The number of fused-ring (bicyclic) bond motifs is 1. The molecule has 5 aromatic rings. The van der Waals surface area contributed by atoms with Crippen LogP contribution in [0.1, 0.15) is 40.7 Å². The molecule has 5 rings (SSSR count). The second-order valence-electron chi connectivity index (χ2n) is 7.85. The van der Waals surface area contributed by atoms with Gasteiger partial charge in [0.2, 0.25) is 11.9 Å². The summed E-state index contributed by atoms with van der Waals surface area (Å²) in [7, 11) is 0. The van der Waals surface area contributed by atoms with Gasteiger partial charge in [-0.1, -0.05) is 36.4 Å². The number of hydrogen-bond acceptors (Lipinski definition) is 7. The molecule has 1 unspecified atom stereocenters. The van der Waals surface area contributed by atoms with Crippen molar-refractivity contribution >= 4 is 28.8 Å². The van der Waals surface area contributed by atoms with Crippen molar-refractivity contribution in [3.8, 4) is 5.75 Å². The second-order valence-corrected chi connectivity index (χ2v) is 7.85. The monoisotopic (exact) mass is 469 g/mol. The molecule has 0 bridgehead atoms. The Hall–Kier alpha value is -4.70. The summed E-state index contributed by atoms with van der Waals surface area (Å²) in [5.41, 5.74) is 2.99. The molecule has 2 aromatic carbocycles. The first kappa shape index (κ1) is 22.1. The van der Waals surface area contributed by atoms with Crippen molar-refractivity contribution < 1.29 is 14.6 Å². The van der Waals surface area contributed by atoms with Crippen LogP contribution < -0.4 is 15.4 Å². The first-order valence-electron chi connectivity index (χ1n) is 11.0. The van der Waals surface area contributed by atoms with Crippen LogP contribution in [0.15, 0.2) is 79.4 Å². The number of anilines is 2. The lowest BCUT2D eigenvalue weighted by Crippen LogP contribution is -2.13. The Morgan fingerprint density at radius 3 is 2.71 bits per heavy atom. The molecule has 0 fully saturated rings. The largest absolute Gasteiger partial charge is 0.484 e. The number of rotatable bonds is 8. The van der Waals surface area contributed by atoms with Gasteiger partial charge in [0.1, 0.15) is 17.4 Å². The van der Waals surface area contributed by atoms with Crippen LogP contribution in [0, 0.1) is 0 Å².